The van der Waals surface area contributed by atoms with Gasteiger partial charge in [-0.25, -0.2) is 0 Å². The van der Waals surface area contributed by atoms with Gasteiger partial charge in [0.15, 0.2) is 0 Å². The second-order valence-corrected chi connectivity index (χ2v) is 5.88. The second kappa shape index (κ2) is 7.58. The third-order valence-corrected chi connectivity index (χ3v) is 4.42. The highest BCUT2D eigenvalue weighted by atomic mass is 35.5. The molecule has 2 nitrogen and oxygen atoms in total. The van der Waals surface area contributed by atoms with Gasteiger partial charge in [0.05, 0.1) is 7.11 Å². The van der Waals surface area contributed by atoms with Crippen LogP contribution in [0.5, 0.6) is 5.75 Å². The van der Waals surface area contributed by atoms with Gasteiger partial charge in [-0.3, -0.25) is 0 Å². The number of hydrogen-bond donors (Lipinski definition) is 1. The largest absolute Gasteiger partial charge is 0.496 e. The Morgan fingerprint density at radius 1 is 1.20 bits per heavy atom. The normalized spacial score (nSPS) is 12.2. The van der Waals surface area contributed by atoms with Gasteiger partial charge in [0.2, 0.25) is 0 Å². The van der Waals surface area contributed by atoms with Crippen molar-refractivity contribution < 1.29 is 4.74 Å². The third-order valence-electron chi connectivity index (χ3n) is 3.08. The summed E-state index contributed by atoms with van der Waals surface area (Å²) >= 11 is 7.91. The van der Waals surface area contributed by atoms with Crippen molar-refractivity contribution in [2.24, 2.45) is 0 Å². The molecule has 0 aromatic heterocycles. The van der Waals surface area contributed by atoms with Crippen molar-refractivity contribution in [1.29, 1.82) is 0 Å². The first-order chi connectivity index (χ1) is 9.74. The molecule has 0 amide bonds. The van der Waals surface area contributed by atoms with Crippen LogP contribution < -0.4 is 10.1 Å². The Hall–Kier alpha value is -1.16. The Morgan fingerprint density at radius 3 is 2.60 bits per heavy atom. The van der Waals surface area contributed by atoms with Crippen LogP contribution in [0.25, 0.3) is 0 Å². The van der Waals surface area contributed by atoms with E-state index >= 15 is 0 Å². The molecule has 0 saturated carbocycles. The Labute approximate surface area is 129 Å². The quantitative estimate of drug-likeness (QED) is 0.799. The smallest absolute Gasteiger partial charge is 0.123 e. The highest BCUT2D eigenvalue weighted by molar-refractivity contribution is 7.99. The fourth-order valence-corrected chi connectivity index (χ4v) is 3.24. The lowest BCUT2D eigenvalue weighted by atomic mass is 10.1. The number of thioether (sulfide) groups is 1. The number of methoxy groups -OCH3 is 1. The molecule has 4 heteroatoms. The summed E-state index contributed by atoms with van der Waals surface area (Å²) in [5.74, 6) is 1.78. The van der Waals surface area contributed by atoms with Crippen molar-refractivity contribution in [2.45, 2.75) is 10.9 Å². The molecule has 2 rings (SSSR count). The number of rotatable bonds is 6. The summed E-state index contributed by atoms with van der Waals surface area (Å²) in [6, 6.07) is 16.3. The van der Waals surface area contributed by atoms with Crippen LogP contribution in [0.15, 0.2) is 53.4 Å². The summed E-state index contributed by atoms with van der Waals surface area (Å²) in [7, 11) is 3.64. The SMILES string of the molecule is CNC(CSc1ccccc1)c1cc(Cl)ccc1OC. The Morgan fingerprint density at radius 2 is 1.95 bits per heavy atom. The van der Waals surface area contributed by atoms with E-state index in [-0.39, 0.29) is 6.04 Å². The molecule has 20 heavy (non-hydrogen) atoms. The van der Waals surface area contributed by atoms with Crippen molar-refractivity contribution in [1.82, 2.24) is 5.32 Å². The zero-order valence-corrected chi connectivity index (χ0v) is 13.2. The molecule has 0 saturated heterocycles. The maximum absolute atomic E-state index is 6.10. The van der Waals surface area contributed by atoms with Crippen LogP contribution in [0, 0.1) is 0 Å². The average Bonchev–Trinajstić information content (AvgIpc) is 2.49. The van der Waals surface area contributed by atoms with Gasteiger partial charge in [-0.2, -0.15) is 0 Å². The second-order valence-electron chi connectivity index (χ2n) is 4.35. The van der Waals surface area contributed by atoms with E-state index in [4.69, 9.17) is 16.3 Å². The van der Waals surface area contributed by atoms with Gasteiger partial charge in [-0.1, -0.05) is 29.8 Å². The van der Waals surface area contributed by atoms with Gasteiger partial charge in [0, 0.05) is 27.3 Å². The average molecular weight is 308 g/mol. The molecule has 1 atom stereocenters. The standard InChI is InChI=1S/C16H18ClNOS/c1-18-15(11-20-13-6-4-3-5-7-13)14-10-12(17)8-9-16(14)19-2/h3-10,15,18H,11H2,1-2H3. The fraction of sp³-hybridized carbons (Fsp3) is 0.250. The zero-order chi connectivity index (χ0) is 14.4. The topological polar surface area (TPSA) is 21.3 Å². The minimum atomic E-state index is 0.189. The van der Waals surface area contributed by atoms with E-state index in [1.807, 2.05) is 43.1 Å². The maximum Gasteiger partial charge on any atom is 0.123 e. The van der Waals surface area contributed by atoms with Crippen LogP contribution in [0.3, 0.4) is 0 Å². The van der Waals surface area contributed by atoms with E-state index in [1.165, 1.54) is 4.90 Å². The first-order valence-corrected chi connectivity index (χ1v) is 7.79. The van der Waals surface area contributed by atoms with Crippen molar-refractivity contribution in [2.75, 3.05) is 19.9 Å². The lowest BCUT2D eigenvalue weighted by Gasteiger charge is -2.19. The summed E-state index contributed by atoms with van der Waals surface area (Å²) in [4.78, 5) is 1.26. The molecule has 0 aliphatic heterocycles. The highest BCUT2D eigenvalue weighted by Crippen LogP contribution is 2.31. The predicted octanol–water partition coefficient (Wildman–Crippen LogP) is 4.40. The molecule has 2 aromatic carbocycles. The minimum Gasteiger partial charge on any atom is -0.496 e. The molecule has 1 N–H and O–H groups in total. The molecule has 2 aromatic rings. The monoisotopic (exact) mass is 307 g/mol. The Kier molecular flexibility index (Phi) is 5.77. The van der Waals surface area contributed by atoms with Crippen molar-refractivity contribution in [3.05, 3.63) is 59.1 Å². The predicted molar refractivity (Wildman–Crippen MR) is 87.0 cm³/mol. The highest BCUT2D eigenvalue weighted by Gasteiger charge is 2.15. The lowest BCUT2D eigenvalue weighted by Crippen LogP contribution is -2.19. The number of nitrogens with one attached hydrogen (secondary N) is 1. The number of benzene rings is 2. The Bertz CT molecular complexity index is 547. The van der Waals surface area contributed by atoms with Gasteiger partial charge >= 0.3 is 0 Å². The lowest BCUT2D eigenvalue weighted by molar-refractivity contribution is 0.404. The molecule has 0 fully saturated rings. The molecule has 0 aliphatic carbocycles. The van der Waals surface area contributed by atoms with Crippen LogP contribution in [-0.2, 0) is 0 Å². The zero-order valence-electron chi connectivity index (χ0n) is 11.6. The number of halogens is 1. The van der Waals surface area contributed by atoms with E-state index in [2.05, 4.69) is 29.6 Å². The Balaban J connectivity index is 2.14. The van der Waals surface area contributed by atoms with E-state index in [0.717, 1.165) is 22.1 Å². The van der Waals surface area contributed by atoms with E-state index in [1.54, 1.807) is 7.11 Å². The van der Waals surface area contributed by atoms with Crippen LogP contribution >= 0.6 is 23.4 Å². The molecular weight excluding hydrogens is 290 g/mol. The molecule has 1 unspecified atom stereocenters. The van der Waals surface area contributed by atoms with Crippen LogP contribution in [-0.4, -0.2) is 19.9 Å². The van der Waals surface area contributed by atoms with Crippen molar-refractivity contribution in [3.8, 4) is 5.75 Å². The van der Waals surface area contributed by atoms with Gasteiger partial charge in [-0.15, -0.1) is 11.8 Å². The summed E-state index contributed by atoms with van der Waals surface area (Å²) in [5.41, 5.74) is 1.09. The molecule has 0 bridgehead atoms. The summed E-state index contributed by atoms with van der Waals surface area (Å²) in [6.45, 7) is 0. The first kappa shape index (κ1) is 15.2. The summed E-state index contributed by atoms with van der Waals surface area (Å²) < 4.78 is 5.43. The number of ether oxygens (including phenoxy) is 1. The fourth-order valence-electron chi connectivity index (χ4n) is 2.00. The third kappa shape index (κ3) is 3.92. The summed E-state index contributed by atoms with van der Waals surface area (Å²) in [5, 5.41) is 4.06. The molecule has 0 aliphatic rings. The van der Waals surface area contributed by atoms with E-state index in [0.29, 0.717) is 0 Å². The molecular formula is C16H18ClNOS. The molecule has 0 heterocycles. The van der Waals surface area contributed by atoms with Gasteiger partial charge < -0.3 is 10.1 Å². The van der Waals surface area contributed by atoms with Crippen LogP contribution in [0.4, 0.5) is 0 Å². The minimum absolute atomic E-state index is 0.189. The number of hydrogen-bond acceptors (Lipinski definition) is 3. The van der Waals surface area contributed by atoms with Crippen molar-refractivity contribution in [3.63, 3.8) is 0 Å². The van der Waals surface area contributed by atoms with Gasteiger partial charge in [-0.05, 0) is 37.4 Å². The molecule has 0 spiro atoms. The summed E-state index contributed by atoms with van der Waals surface area (Å²) in [6.07, 6.45) is 0. The van der Waals surface area contributed by atoms with E-state index < -0.39 is 0 Å². The maximum atomic E-state index is 6.10. The molecule has 0 radical (unpaired) electrons. The first-order valence-electron chi connectivity index (χ1n) is 6.43. The molecule has 106 valence electrons. The van der Waals surface area contributed by atoms with Crippen LogP contribution in [0.1, 0.15) is 11.6 Å². The van der Waals surface area contributed by atoms with E-state index in [9.17, 15) is 0 Å². The van der Waals surface area contributed by atoms with Gasteiger partial charge in [0.25, 0.3) is 0 Å². The van der Waals surface area contributed by atoms with Crippen molar-refractivity contribution >= 4 is 23.4 Å². The van der Waals surface area contributed by atoms with Gasteiger partial charge in [0.1, 0.15) is 5.75 Å². The van der Waals surface area contributed by atoms with Crippen LogP contribution in [0.2, 0.25) is 5.02 Å².